The lowest BCUT2D eigenvalue weighted by atomic mass is 10.2. The molecule has 0 aromatic heterocycles. The summed E-state index contributed by atoms with van der Waals surface area (Å²) in [4.78, 5) is 0.217. The Bertz CT molecular complexity index is 674. The van der Waals surface area contributed by atoms with E-state index in [1.165, 1.54) is 12.1 Å². The fraction of sp³-hybridized carbons (Fsp3) is 0.0769. The van der Waals surface area contributed by atoms with E-state index in [1.807, 2.05) is 0 Å². The molecular weight excluding hydrogens is 248 g/mol. The number of hydrogen-bond donors (Lipinski definition) is 2. The molecule has 0 amide bonds. The van der Waals surface area contributed by atoms with Crippen LogP contribution in [0, 0.1) is 6.92 Å². The largest absolute Gasteiger partial charge is 0.398 e. The van der Waals surface area contributed by atoms with Gasteiger partial charge in [-0.25, -0.2) is 8.42 Å². The second-order valence-corrected chi connectivity index (χ2v) is 5.89. The van der Waals surface area contributed by atoms with Crippen LogP contribution in [0.2, 0.25) is 0 Å². The first-order valence-corrected chi connectivity index (χ1v) is 6.87. The van der Waals surface area contributed by atoms with Gasteiger partial charge in [-0.2, -0.15) is 0 Å². The third-order valence-electron chi connectivity index (χ3n) is 2.73. The van der Waals surface area contributed by atoms with Gasteiger partial charge in [0, 0.05) is 0 Å². The summed E-state index contributed by atoms with van der Waals surface area (Å²) in [6, 6.07) is 11.4. The number of hydrogen-bond acceptors (Lipinski definition) is 4. The molecule has 0 saturated heterocycles. The van der Waals surface area contributed by atoms with E-state index >= 15 is 0 Å². The van der Waals surface area contributed by atoms with Crippen LogP contribution in [-0.4, -0.2) is 8.42 Å². The second-order valence-electron chi connectivity index (χ2n) is 4.03. The van der Waals surface area contributed by atoms with Crippen LogP contribution < -0.4 is 11.5 Å². The lowest BCUT2D eigenvalue weighted by Crippen LogP contribution is -2.10. The molecule has 2 rings (SSSR count). The minimum absolute atomic E-state index is 0.0145. The molecule has 0 atom stereocenters. The van der Waals surface area contributed by atoms with Gasteiger partial charge in [-0.15, -0.1) is 0 Å². The highest BCUT2D eigenvalue weighted by Gasteiger charge is 2.24. The summed E-state index contributed by atoms with van der Waals surface area (Å²) in [7, 11) is -3.68. The van der Waals surface area contributed by atoms with Gasteiger partial charge in [0.05, 0.1) is 16.3 Å². The molecule has 0 saturated carbocycles. The Kier molecular flexibility index (Phi) is 3.00. The molecule has 0 spiro atoms. The van der Waals surface area contributed by atoms with Gasteiger partial charge in [0.2, 0.25) is 9.84 Å². The van der Waals surface area contributed by atoms with Gasteiger partial charge in [-0.1, -0.05) is 24.3 Å². The van der Waals surface area contributed by atoms with Gasteiger partial charge in [0.15, 0.2) is 0 Å². The first kappa shape index (κ1) is 12.4. The maximum absolute atomic E-state index is 12.5. The van der Waals surface area contributed by atoms with Crippen LogP contribution in [-0.2, 0) is 9.84 Å². The van der Waals surface area contributed by atoms with Crippen LogP contribution >= 0.6 is 0 Å². The second kappa shape index (κ2) is 4.34. The van der Waals surface area contributed by atoms with Crippen molar-refractivity contribution in [1.29, 1.82) is 0 Å². The molecule has 0 unspecified atom stereocenters. The van der Waals surface area contributed by atoms with Crippen LogP contribution in [0.5, 0.6) is 0 Å². The van der Waals surface area contributed by atoms with E-state index in [9.17, 15) is 8.42 Å². The van der Waals surface area contributed by atoms with Crippen molar-refractivity contribution >= 4 is 21.2 Å². The molecule has 4 N–H and O–H groups in total. The van der Waals surface area contributed by atoms with Crippen molar-refractivity contribution in [2.24, 2.45) is 0 Å². The number of benzene rings is 2. The molecule has 18 heavy (non-hydrogen) atoms. The number of aryl methyl sites for hydroxylation is 1. The zero-order chi connectivity index (χ0) is 13.3. The summed E-state index contributed by atoms with van der Waals surface area (Å²) >= 11 is 0. The maximum atomic E-state index is 12.5. The van der Waals surface area contributed by atoms with Gasteiger partial charge in [-0.05, 0) is 30.7 Å². The monoisotopic (exact) mass is 262 g/mol. The van der Waals surface area contributed by atoms with E-state index in [1.54, 1.807) is 37.3 Å². The van der Waals surface area contributed by atoms with Crippen LogP contribution in [0.3, 0.4) is 0 Å². The Labute approximate surface area is 106 Å². The van der Waals surface area contributed by atoms with E-state index in [0.717, 1.165) is 0 Å². The summed E-state index contributed by atoms with van der Waals surface area (Å²) in [6.45, 7) is 1.74. The normalized spacial score (nSPS) is 11.4. The Morgan fingerprint density at radius 3 is 2.00 bits per heavy atom. The number of nitrogens with two attached hydrogens (primary N) is 2. The topological polar surface area (TPSA) is 86.2 Å². The van der Waals surface area contributed by atoms with Crippen molar-refractivity contribution in [3.63, 3.8) is 0 Å². The van der Waals surface area contributed by atoms with Gasteiger partial charge in [-0.3, -0.25) is 0 Å². The van der Waals surface area contributed by atoms with Crippen molar-refractivity contribution in [3.8, 4) is 0 Å². The highest BCUT2D eigenvalue weighted by atomic mass is 32.2. The van der Waals surface area contributed by atoms with Gasteiger partial charge in [0.25, 0.3) is 0 Å². The van der Waals surface area contributed by atoms with Crippen molar-refractivity contribution in [2.45, 2.75) is 16.7 Å². The lowest BCUT2D eigenvalue weighted by molar-refractivity contribution is 0.596. The van der Waals surface area contributed by atoms with Crippen molar-refractivity contribution < 1.29 is 8.42 Å². The number of rotatable bonds is 2. The Hall–Kier alpha value is -2.01. The summed E-state index contributed by atoms with van der Waals surface area (Å²) in [5, 5.41) is 0. The van der Waals surface area contributed by atoms with E-state index in [4.69, 9.17) is 11.5 Å². The Morgan fingerprint density at radius 1 is 0.889 bits per heavy atom. The molecule has 0 aliphatic heterocycles. The molecule has 5 heteroatoms. The third kappa shape index (κ3) is 1.93. The van der Waals surface area contributed by atoms with Crippen molar-refractivity contribution in [1.82, 2.24) is 0 Å². The summed E-state index contributed by atoms with van der Waals surface area (Å²) in [5.74, 6) is 0. The number of nitrogen functional groups attached to an aromatic ring is 2. The summed E-state index contributed by atoms with van der Waals surface area (Å²) in [6.07, 6.45) is 0. The molecule has 0 aliphatic carbocycles. The Balaban J connectivity index is 2.75. The molecule has 0 aliphatic rings. The van der Waals surface area contributed by atoms with Crippen molar-refractivity contribution in [2.75, 3.05) is 11.5 Å². The third-order valence-corrected chi connectivity index (χ3v) is 4.77. The van der Waals surface area contributed by atoms with Crippen LogP contribution in [0.25, 0.3) is 0 Å². The van der Waals surface area contributed by atoms with Gasteiger partial charge < -0.3 is 11.5 Å². The minimum atomic E-state index is -3.68. The molecule has 0 fully saturated rings. The van der Waals surface area contributed by atoms with Crippen LogP contribution in [0.4, 0.5) is 11.4 Å². The molecule has 94 valence electrons. The molecule has 0 bridgehead atoms. The zero-order valence-electron chi connectivity index (χ0n) is 9.92. The Morgan fingerprint density at radius 2 is 1.44 bits per heavy atom. The van der Waals surface area contributed by atoms with Crippen LogP contribution in [0.15, 0.2) is 52.3 Å². The molecule has 2 aromatic carbocycles. The number of sulfone groups is 1. The SMILES string of the molecule is Cc1ccccc1S(=O)(=O)c1c(N)cccc1N. The van der Waals surface area contributed by atoms with Gasteiger partial charge >= 0.3 is 0 Å². The van der Waals surface area contributed by atoms with E-state index in [2.05, 4.69) is 0 Å². The van der Waals surface area contributed by atoms with Crippen molar-refractivity contribution in [3.05, 3.63) is 48.0 Å². The summed E-state index contributed by atoms with van der Waals surface area (Å²) in [5.41, 5.74) is 12.5. The predicted octanol–water partition coefficient (Wildman–Crippen LogP) is 1.99. The maximum Gasteiger partial charge on any atom is 0.210 e. The fourth-order valence-corrected chi connectivity index (χ4v) is 3.58. The van der Waals surface area contributed by atoms with E-state index in [-0.39, 0.29) is 21.2 Å². The highest BCUT2D eigenvalue weighted by Crippen LogP contribution is 2.31. The lowest BCUT2D eigenvalue weighted by Gasteiger charge is -2.11. The highest BCUT2D eigenvalue weighted by molar-refractivity contribution is 7.91. The summed E-state index contributed by atoms with van der Waals surface area (Å²) < 4.78 is 25.1. The molecule has 2 aromatic rings. The molecule has 4 nitrogen and oxygen atoms in total. The quantitative estimate of drug-likeness (QED) is 0.810. The first-order chi connectivity index (χ1) is 8.44. The van der Waals surface area contributed by atoms with Crippen LogP contribution in [0.1, 0.15) is 5.56 Å². The smallest absolute Gasteiger partial charge is 0.210 e. The molecule has 0 heterocycles. The zero-order valence-corrected chi connectivity index (χ0v) is 10.7. The fourth-order valence-electron chi connectivity index (χ4n) is 1.85. The van der Waals surface area contributed by atoms with Gasteiger partial charge in [0.1, 0.15) is 4.90 Å². The standard InChI is InChI=1S/C13H14N2O2S/c1-9-5-2-3-8-12(9)18(16,17)13-10(14)6-4-7-11(13)15/h2-8H,14-15H2,1H3. The average molecular weight is 262 g/mol. The molecular formula is C13H14N2O2S. The molecule has 0 radical (unpaired) electrons. The van der Waals surface area contributed by atoms with E-state index < -0.39 is 9.84 Å². The minimum Gasteiger partial charge on any atom is -0.398 e. The average Bonchev–Trinajstić information content (AvgIpc) is 2.28. The first-order valence-electron chi connectivity index (χ1n) is 5.39. The number of anilines is 2. The van der Waals surface area contributed by atoms with E-state index in [0.29, 0.717) is 5.56 Å². The predicted molar refractivity (Wildman–Crippen MR) is 71.9 cm³/mol.